The fraction of sp³-hybridized carbons (Fsp3) is 0.455. The first-order valence-electron chi connectivity index (χ1n) is 5.69. The van der Waals surface area contributed by atoms with Crippen LogP contribution in [0.3, 0.4) is 0 Å². The zero-order chi connectivity index (χ0) is 13.6. The summed E-state index contributed by atoms with van der Waals surface area (Å²) in [7, 11) is -3.78. The Morgan fingerprint density at radius 1 is 1.39 bits per heavy atom. The summed E-state index contributed by atoms with van der Waals surface area (Å²) in [6, 6.07) is 4.58. The Bertz CT molecular complexity index is 488. The normalized spacial score (nSPS) is 11.4. The molecule has 1 aromatic rings. The number of nitrogens with one attached hydrogen (secondary N) is 1. The Morgan fingerprint density at radius 2 is 2.11 bits per heavy atom. The molecule has 1 rings (SSSR count). The number of ether oxygens (including phenoxy) is 1. The van der Waals surface area contributed by atoms with Crippen LogP contribution in [-0.4, -0.2) is 28.2 Å². The van der Waals surface area contributed by atoms with E-state index in [1.54, 1.807) is 12.1 Å². The van der Waals surface area contributed by atoms with Crippen molar-refractivity contribution in [3.05, 3.63) is 18.2 Å². The van der Waals surface area contributed by atoms with Crippen LogP contribution in [0.1, 0.15) is 13.3 Å². The Morgan fingerprint density at radius 3 is 2.72 bits per heavy atom. The second kappa shape index (κ2) is 6.58. The molecule has 0 bridgehead atoms. The van der Waals surface area contributed by atoms with E-state index in [4.69, 9.17) is 15.6 Å². The van der Waals surface area contributed by atoms with Crippen molar-refractivity contribution in [1.29, 1.82) is 0 Å². The number of nitrogen functional groups attached to an aromatic ring is 1. The van der Waals surface area contributed by atoms with Gasteiger partial charge in [0.2, 0.25) is 10.0 Å². The molecule has 0 fully saturated rings. The number of benzene rings is 1. The first kappa shape index (κ1) is 14.7. The molecular weight excluding hydrogens is 254 g/mol. The minimum Gasteiger partial charge on any atom is -0.399 e. The lowest BCUT2D eigenvalue weighted by molar-refractivity contribution is 0.147. The minimum absolute atomic E-state index is 0.0129. The first-order chi connectivity index (χ1) is 8.45. The van der Waals surface area contributed by atoms with Gasteiger partial charge in [0.15, 0.2) is 0 Å². The maximum Gasteiger partial charge on any atom is 0.240 e. The fourth-order valence-corrected chi connectivity index (χ4v) is 2.21. The highest BCUT2D eigenvalue weighted by molar-refractivity contribution is 7.89. The van der Waals surface area contributed by atoms with Crippen LogP contribution in [0.25, 0.3) is 0 Å². The van der Waals surface area contributed by atoms with Crippen LogP contribution in [0.15, 0.2) is 23.1 Å². The Labute approximate surface area is 107 Å². The highest BCUT2D eigenvalue weighted by Crippen LogP contribution is 2.22. The molecule has 5 N–H and O–H groups in total. The molecule has 0 unspecified atom stereocenters. The van der Waals surface area contributed by atoms with Gasteiger partial charge in [-0.15, -0.1) is 0 Å². The predicted octanol–water partition coefficient (Wildman–Crippen LogP) is 0.755. The molecule has 0 radical (unpaired) electrons. The average molecular weight is 273 g/mol. The lowest BCUT2D eigenvalue weighted by Crippen LogP contribution is -2.16. The van der Waals surface area contributed by atoms with Crippen molar-refractivity contribution >= 4 is 21.4 Å². The van der Waals surface area contributed by atoms with E-state index < -0.39 is 10.0 Å². The maximum absolute atomic E-state index is 11.4. The van der Waals surface area contributed by atoms with E-state index in [0.717, 1.165) is 6.42 Å². The van der Waals surface area contributed by atoms with Crippen LogP contribution < -0.4 is 16.2 Å². The van der Waals surface area contributed by atoms with Gasteiger partial charge < -0.3 is 15.8 Å². The summed E-state index contributed by atoms with van der Waals surface area (Å²) in [6.07, 6.45) is 0.780. The molecule has 18 heavy (non-hydrogen) atoms. The molecule has 6 nitrogen and oxygen atoms in total. The van der Waals surface area contributed by atoms with Crippen LogP contribution >= 0.6 is 0 Å². The zero-order valence-corrected chi connectivity index (χ0v) is 11.2. The van der Waals surface area contributed by atoms with E-state index in [9.17, 15) is 8.42 Å². The summed E-state index contributed by atoms with van der Waals surface area (Å²) in [4.78, 5) is 0.0129. The number of hydrogen-bond acceptors (Lipinski definition) is 5. The number of sulfonamides is 1. The third-order valence-electron chi connectivity index (χ3n) is 2.30. The molecule has 0 atom stereocenters. The monoisotopic (exact) mass is 273 g/mol. The van der Waals surface area contributed by atoms with Gasteiger partial charge in [-0.3, -0.25) is 0 Å². The van der Waals surface area contributed by atoms with Crippen molar-refractivity contribution in [2.45, 2.75) is 18.2 Å². The van der Waals surface area contributed by atoms with Gasteiger partial charge in [0.1, 0.15) is 4.90 Å². The van der Waals surface area contributed by atoms with Gasteiger partial charge in [-0.25, -0.2) is 13.6 Å². The van der Waals surface area contributed by atoms with Crippen LogP contribution in [-0.2, 0) is 14.8 Å². The van der Waals surface area contributed by atoms with Gasteiger partial charge in [-0.1, -0.05) is 0 Å². The van der Waals surface area contributed by atoms with Crippen molar-refractivity contribution in [2.75, 3.05) is 30.8 Å². The van der Waals surface area contributed by atoms with Crippen LogP contribution in [0.4, 0.5) is 11.4 Å². The van der Waals surface area contributed by atoms with Gasteiger partial charge >= 0.3 is 0 Å². The van der Waals surface area contributed by atoms with Crippen molar-refractivity contribution in [1.82, 2.24) is 0 Å². The van der Waals surface area contributed by atoms with E-state index in [1.165, 1.54) is 6.07 Å². The Hall–Kier alpha value is -1.31. The SMILES string of the molecule is CCOCCCNc1ccc(N)cc1S(N)(=O)=O. The van der Waals surface area contributed by atoms with Gasteiger partial charge in [-0.2, -0.15) is 0 Å². The molecule has 102 valence electrons. The Kier molecular flexibility index (Phi) is 5.39. The molecule has 0 heterocycles. The number of nitrogens with two attached hydrogens (primary N) is 2. The van der Waals surface area contributed by atoms with E-state index in [2.05, 4.69) is 5.32 Å². The molecule has 0 aliphatic carbocycles. The molecule has 1 aromatic carbocycles. The van der Waals surface area contributed by atoms with E-state index in [-0.39, 0.29) is 4.90 Å². The van der Waals surface area contributed by atoms with Crippen molar-refractivity contribution in [3.8, 4) is 0 Å². The third kappa shape index (κ3) is 4.52. The first-order valence-corrected chi connectivity index (χ1v) is 7.23. The lowest BCUT2D eigenvalue weighted by atomic mass is 10.3. The standard InChI is InChI=1S/C11H19N3O3S/c1-2-17-7-3-6-14-10-5-4-9(12)8-11(10)18(13,15)16/h4-5,8,14H,2-3,6-7,12H2,1H3,(H2,13,15,16). The van der Waals surface area contributed by atoms with Crippen LogP contribution in [0.5, 0.6) is 0 Å². The predicted molar refractivity (Wildman–Crippen MR) is 71.8 cm³/mol. The molecule has 0 saturated carbocycles. The van der Waals surface area contributed by atoms with E-state index in [0.29, 0.717) is 31.1 Å². The second-order valence-corrected chi connectivity index (χ2v) is 5.31. The van der Waals surface area contributed by atoms with Crippen molar-refractivity contribution < 1.29 is 13.2 Å². The molecule has 0 spiro atoms. The molecule has 0 aliphatic rings. The van der Waals surface area contributed by atoms with Gasteiger partial charge in [0.05, 0.1) is 5.69 Å². The van der Waals surface area contributed by atoms with Crippen LogP contribution in [0, 0.1) is 0 Å². The lowest BCUT2D eigenvalue weighted by Gasteiger charge is -2.11. The van der Waals surface area contributed by atoms with Crippen molar-refractivity contribution in [3.63, 3.8) is 0 Å². The summed E-state index contributed by atoms with van der Waals surface area (Å²) < 4.78 is 28.0. The van der Waals surface area contributed by atoms with E-state index >= 15 is 0 Å². The number of rotatable bonds is 7. The summed E-state index contributed by atoms with van der Waals surface area (Å²) >= 11 is 0. The molecular formula is C11H19N3O3S. The zero-order valence-electron chi connectivity index (χ0n) is 10.3. The van der Waals surface area contributed by atoms with Gasteiger partial charge in [0, 0.05) is 25.4 Å². The highest BCUT2D eigenvalue weighted by Gasteiger charge is 2.13. The van der Waals surface area contributed by atoms with Crippen LogP contribution in [0.2, 0.25) is 0 Å². The van der Waals surface area contributed by atoms with Gasteiger partial charge in [0.25, 0.3) is 0 Å². The number of anilines is 2. The second-order valence-electron chi connectivity index (χ2n) is 3.78. The topological polar surface area (TPSA) is 107 Å². The molecule has 0 aliphatic heterocycles. The molecule has 0 aromatic heterocycles. The van der Waals surface area contributed by atoms with Crippen molar-refractivity contribution in [2.24, 2.45) is 5.14 Å². The third-order valence-corrected chi connectivity index (χ3v) is 3.25. The summed E-state index contributed by atoms with van der Waals surface area (Å²) in [5, 5.41) is 8.14. The van der Waals surface area contributed by atoms with E-state index in [1.807, 2.05) is 6.92 Å². The summed E-state index contributed by atoms with van der Waals surface area (Å²) in [5.41, 5.74) is 6.37. The maximum atomic E-state index is 11.4. The quantitative estimate of drug-likeness (QED) is 0.502. The minimum atomic E-state index is -3.78. The average Bonchev–Trinajstić information content (AvgIpc) is 2.29. The Balaban J connectivity index is 2.71. The smallest absolute Gasteiger partial charge is 0.240 e. The fourth-order valence-electron chi connectivity index (χ4n) is 1.46. The highest BCUT2D eigenvalue weighted by atomic mass is 32.2. The molecule has 7 heteroatoms. The summed E-state index contributed by atoms with van der Waals surface area (Å²) in [5.74, 6) is 0. The molecule has 0 amide bonds. The summed E-state index contributed by atoms with van der Waals surface area (Å²) in [6.45, 7) is 3.83. The number of primary sulfonamides is 1. The largest absolute Gasteiger partial charge is 0.399 e. The van der Waals surface area contributed by atoms with Gasteiger partial charge in [-0.05, 0) is 31.5 Å². The number of hydrogen-bond donors (Lipinski definition) is 3. The molecule has 0 saturated heterocycles.